The van der Waals surface area contributed by atoms with Gasteiger partial charge in [0.15, 0.2) is 0 Å². The highest BCUT2D eigenvalue weighted by Crippen LogP contribution is 2.28. The summed E-state index contributed by atoms with van der Waals surface area (Å²) in [6, 6.07) is 17.5. The van der Waals surface area contributed by atoms with E-state index in [0.717, 1.165) is 30.3 Å². The lowest BCUT2D eigenvalue weighted by Crippen LogP contribution is -2.48. The number of hydrogen-bond acceptors (Lipinski definition) is 5. The first-order valence-electron chi connectivity index (χ1n) is 12.3. The highest BCUT2D eigenvalue weighted by atomic mass is 16.2. The fourth-order valence-electron chi connectivity index (χ4n) is 5.10. The minimum atomic E-state index is -0.0766. The van der Waals surface area contributed by atoms with Gasteiger partial charge in [-0.05, 0) is 55.0 Å². The van der Waals surface area contributed by atoms with Crippen molar-refractivity contribution in [2.75, 3.05) is 20.1 Å². The van der Waals surface area contributed by atoms with E-state index in [1.807, 2.05) is 60.3 Å². The predicted octanol–water partition coefficient (Wildman–Crippen LogP) is 3.60. The number of likely N-dealkylation sites (N-methyl/N-ethyl adjacent to an activating group) is 1. The van der Waals surface area contributed by atoms with Crippen LogP contribution in [0, 0.1) is 5.92 Å². The zero-order valence-corrected chi connectivity index (χ0v) is 20.6. The Balaban J connectivity index is 1.31. The van der Waals surface area contributed by atoms with Gasteiger partial charge in [-0.15, -0.1) is 0 Å². The topological polar surface area (TPSA) is 84.2 Å². The number of amides is 2. The fraction of sp³-hybridized carbons (Fsp3) is 0.321. The van der Waals surface area contributed by atoms with Crippen LogP contribution >= 0.6 is 0 Å². The van der Waals surface area contributed by atoms with Gasteiger partial charge in [0.05, 0.1) is 11.0 Å². The smallest absolute Gasteiger partial charge is 0.274 e. The highest BCUT2D eigenvalue weighted by Gasteiger charge is 2.33. The number of hydrogen-bond donors (Lipinski definition) is 0. The number of aryl methyl sites for hydroxylation is 1. The van der Waals surface area contributed by atoms with Gasteiger partial charge in [-0.2, -0.15) is 5.10 Å². The summed E-state index contributed by atoms with van der Waals surface area (Å²) < 4.78 is 1.65. The summed E-state index contributed by atoms with van der Waals surface area (Å²) in [4.78, 5) is 38.9. The summed E-state index contributed by atoms with van der Waals surface area (Å²) in [6.45, 7) is 1.30. The number of carbonyl (C=O) groups excluding carboxylic acids is 2. The van der Waals surface area contributed by atoms with Gasteiger partial charge < -0.3 is 9.80 Å². The van der Waals surface area contributed by atoms with Crippen molar-refractivity contribution in [2.45, 2.75) is 25.3 Å². The summed E-state index contributed by atoms with van der Waals surface area (Å²) in [5.41, 5.74) is 3.77. The molecule has 2 amide bonds. The molecular formula is C28H30N6O2. The van der Waals surface area contributed by atoms with Crippen LogP contribution in [0.5, 0.6) is 0 Å². The van der Waals surface area contributed by atoms with Gasteiger partial charge in [0, 0.05) is 57.4 Å². The second kappa shape index (κ2) is 10.3. The van der Waals surface area contributed by atoms with Crippen LogP contribution in [0.15, 0.2) is 73.2 Å². The summed E-state index contributed by atoms with van der Waals surface area (Å²) in [7, 11) is 3.69. The van der Waals surface area contributed by atoms with E-state index in [4.69, 9.17) is 0 Å². The zero-order valence-electron chi connectivity index (χ0n) is 20.6. The van der Waals surface area contributed by atoms with Crippen LogP contribution in [-0.2, 0) is 13.5 Å². The van der Waals surface area contributed by atoms with E-state index < -0.39 is 0 Å². The molecule has 0 aliphatic carbocycles. The number of carbonyl (C=O) groups is 2. The summed E-state index contributed by atoms with van der Waals surface area (Å²) >= 11 is 0. The Labute approximate surface area is 210 Å². The lowest BCUT2D eigenvalue weighted by atomic mass is 9.84. The van der Waals surface area contributed by atoms with E-state index in [9.17, 15) is 9.59 Å². The monoisotopic (exact) mass is 482 g/mol. The molecule has 8 heteroatoms. The minimum absolute atomic E-state index is 0.00935. The lowest BCUT2D eigenvalue weighted by molar-refractivity contribution is 0.0519. The third-order valence-electron chi connectivity index (χ3n) is 7.13. The number of benzene rings is 2. The Hall–Kier alpha value is -4.07. The van der Waals surface area contributed by atoms with Crippen LogP contribution in [0.1, 0.15) is 39.3 Å². The summed E-state index contributed by atoms with van der Waals surface area (Å²) in [5, 5.41) is 4.32. The van der Waals surface area contributed by atoms with Crippen molar-refractivity contribution in [1.82, 2.24) is 29.5 Å². The Morgan fingerprint density at radius 1 is 1.00 bits per heavy atom. The van der Waals surface area contributed by atoms with Gasteiger partial charge in [0.25, 0.3) is 11.8 Å². The molecule has 5 rings (SSSR count). The molecule has 2 aromatic heterocycles. The standard InChI is InChI=1S/C28H30N6O2/c1-32-15-12-24(31-32)28(36)33(2)26(18-20-6-4-3-5-7-20)21-10-16-34(17-11-21)27(35)22-8-9-23-25(19-22)30-14-13-29-23/h3-9,12-15,19,21,26H,10-11,16-18H2,1-2H3/t26-/m1/s1. The molecule has 0 spiro atoms. The van der Waals surface area contributed by atoms with Crippen molar-refractivity contribution in [3.63, 3.8) is 0 Å². The van der Waals surface area contributed by atoms with E-state index in [-0.39, 0.29) is 23.8 Å². The number of likely N-dealkylation sites (tertiary alicyclic amines) is 1. The van der Waals surface area contributed by atoms with Crippen molar-refractivity contribution in [1.29, 1.82) is 0 Å². The van der Waals surface area contributed by atoms with Crippen LogP contribution in [0.4, 0.5) is 0 Å². The van der Waals surface area contributed by atoms with Gasteiger partial charge in [0.2, 0.25) is 0 Å². The molecule has 1 saturated heterocycles. The molecule has 0 unspecified atom stereocenters. The quantitative estimate of drug-likeness (QED) is 0.419. The van der Waals surface area contributed by atoms with Gasteiger partial charge in [0.1, 0.15) is 5.69 Å². The molecule has 0 N–H and O–H groups in total. The molecule has 8 nitrogen and oxygen atoms in total. The number of nitrogens with zero attached hydrogens (tertiary/aromatic N) is 6. The summed E-state index contributed by atoms with van der Waals surface area (Å²) in [6.07, 6.45) is 7.49. The van der Waals surface area contributed by atoms with Crippen molar-refractivity contribution in [3.8, 4) is 0 Å². The van der Waals surface area contributed by atoms with E-state index in [1.54, 1.807) is 29.3 Å². The van der Waals surface area contributed by atoms with Crippen molar-refractivity contribution in [3.05, 3.63) is 90.0 Å². The van der Waals surface area contributed by atoms with Gasteiger partial charge in [-0.1, -0.05) is 30.3 Å². The Kier molecular flexibility index (Phi) is 6.75. The average Bonchev–Trinajstić information content (AvgIpc) is 3.37. The third kappa shape index (κ3) is 4.98. The molecular weight excluding hydrogens is 452 g/mol. The van der Waals surface area contributed by atoms with Crippen molar-refractivity contribution < 1.29 is 9.59 Å². The molecule has 36 heavy (non-hydrogen) atoms. The van der Waals surface area contributed by atoms with Crippen LogP contribution < -0.4 is 0 Å². The maximum Gasteiger partial charge on any atom is 0.274 e. The summed E-state index contributed by atoms with van der Waals surface area (Å²) in [5.74, 6) is 0.209. The molecule has 0 saturated carbocycles. The first kappa shape index (κ1) is 23.7. The van der Waals surface area contributed by atoms with E-state index >= 15 is 0 Å². The molecule has 1 atom stereocenters. The largest absolute Gasteiger partial charge is 0.339 e. The van der Waals surface area contributed by atoms with Gasteiger partial charge in [-0.25, -0.2) is 0 Å². The second-order valence-corrected chi connectivity index (χ2v) is 9.44. The molecule has 0 bridgehead atoms. The molecule has 4 aromatic rings. The fourth-order valence-corrected chi connectivity index (χ4v) is 5.10. The van der Waals surface area contributed by atoms with E-state index in [1.165, 1.54) is 5.56 Å². The van der Waals surface area contributed by atoms with Gasteiger partial charge >= 0.3 is 0 Å². The average molecular weight is 483 g/mol. The first-order valence-corrected chi connectivity index (χ1v) is 12.3. The zero-order chi connectivity index (χ0) is 25.1. The Morgan fingerprint density at radius 2 is 1.72 bits per heavy atom. The highest BCUT2D eigenvalue weighted by molar-refractivity contribution is 5.97. The number of fused-ring (bicyclic) bond motifs is 1. The number of piperidine rings is 1. The molecule has 1 fully saturated rings. The maximum atomic E-state index is 13.3. The molecule has 1 aliphatic heterocycles. The third-order valence-corrected chi connectivity index (χ3v) is 7.13. The maximum absolute atomic E-state index is 13.3. The first-order chi connectivity index (χ1) is 17.5. The second-order valence-electron chi connectivity index (χ2n) is 9.44. The predicted molar refractivity (Wildman–Crippen MR) is 137 cm³/mol. The van der Waals surface area contributed by atoms with Gasteiger partial charge in [-0.3, -0.25) is 24.2 Å². The van der Waals surface area contributed by atoms with Crippen LogP contribution in [0.2, 0.25) is 0 Å². The van der Waals surface area contributed by atoms with Crippen molar-refractivity contribution in [2.24, 2.45) is 13.0 Å². The SMILES string of the molecule is CN(C(=O)c1ccn(C)n1)[C@H](Cc1ccccc1)C1CCN(C(=O)c2ccc3nccnc3c2)CC1. The van der Waals surface area contributed by atoms with E-state index in [0.29, 0.717) is 24.3 Å². The van der Waals surface area contributed by atoms with Crippen LogP contribution in [0.25, 0.3) is 11.0 Å². The molecule has 2 aromatic carbocycles. The normalized spacial score (nSPS) is 15.1. The minimum Gasteiger partial charge on any atom is -0.339 e. The van der Waals surface area contributed by atoms with Crippen molar-refractivity contribution >= 4 is 22.8 Å². The Morgan fingerprint density at radius 3 is 2.42 bits per heavy atom. The molecule has 184 valence electrons. The number of aromatic nitrogens is 4. The number of rotatable bonds is 6. The lowest BCUT2D eigenvalue weighted by Gasteiger charge is -2.40. The molecule has 1 aliphatic rings. The van der Waals surface area contributed by atoms with Crippen LogP contribution in [0.3, 0.4) is 0 Å². The van der Waals surface area contributed by atoms with Crippen LogP contribution in [-0.4, -0.2) is 67.5 Å². The molecule has 0 radical (unpaired) electrons. The Bertz CT molecular complexity index is 1360. The van der Waals surface area contributed by atoms with E-state index in [2.05, 4.69) is 27.2 Å². The molecule has 3 heterocycles.